The van der Waals surface area contributed by atoms with E-state index in [4.69, 9.17) is 5.84 Å². The van der Waals surface area contributed by atoms with Crippen molar-refractivity contribution in [3.8, 4) is 0 Å². The monoisotopic (exact) mass is 278 g/mol. The number of likely N-dealkylation sites (tertiary alicyclic amines) is 1. The van der Waals surface area contributed by atoms with Gasteiger partial charge in [0.1, 0.15) is 0 Å². The van der Waals surface area contributed by atoms with Crippen LogP contribution < -0.4 is 11.3 Å². The van der Waals surface area contributed by atoms with E-state index in [0.29, 0.717) is 18.8 Å². The first kappa shape index (κ1) is 14.3. The van der Waals surface area contributed by atoms with Crippen LogP contribution in [0.25, 0.3) is 0 Å². The third kappa shape index (κ3) is 2.72. The Morgan fingerprint density at radius 1 is 1.50 bits per heavy atom. The second-order valence-corrected chi connectivity index (χ2v) is 5.77. The van der Waals surface area contributed by atoms with Gasteiger partial charge >= 0.3 is 0 Å². The zero-order valence-corrected chi connectivity index (χ0v) is 11.5. The molecule has 7 heteroatoms. The summed E-state index contributed by atoms with van der Waals surface area (Å²) in [4.78, 5) is 24.5. The molecule has 0 aliphatic carbocycles. The molecular weight excluding hydrogens is 260 g/mol. The van der Waals surface area contributed by atoms with E-state index in [1.165, 1.54) is 18.2 Å². The Bertz CT molecular complexity index is 557. The number of hydrazine groups is 1. The highest BCUT2D eigenvalue weighted by molar-refractivity contribution is 6.00. The number of non-ortho nitro benzene ring substituents is 1. The third-order valence-electron chi connectivity index (χ3n) is 3.56. The van der Waals surface area contributed by atoms with Gasteiger partial charge in [0.25, 0.3) is 11.6 Å². The number of hydrogen-bond acceptors (Lipinski definition) is 5. The van der Waals surface area contributed by atoms with Crippen molar-refractivity contribution in [2.45, 2.75) is 20.3 Å². The van der Waals surface area contributed by atoms with Crippen LogP contribution >= 0.6 is 0 Å². The number of rotatable bonds is 3. The molecule has 3 N–H and O–H groups in total. The zero-order chi connectivity index (χ0) is 14.9. The van der Waals surface area contributed by atoms with Gasteiger partial charge in [0.15, 0.2) is 0 Å². The molecule has 0 unspecified atom stereocenters. The van der Waals surface area contributed by atoms with E-state index >= 15 is 0 Å². The molecule has 2 rings (SSSR count). The van der Waals surface area contributed by atoms with Crippen LogP contribution in [0.5, 0.6) is 0 Å². The molecule has 0 atom stereocenters. The van der Waals surface area contributed by atoms with Crippen molar-refractivity contribution in [3.63, 3.8) is 0 Å². The molecule has 0 spiro atoms. The fraction of sp³-hybridized carbons (Fsp3) is 0.462. The SMILES string of the molecule is CC1(C)CCN(C(=O)c2cc([N+](=O)[O-])ccc2NN)C1. The number of hydrogen-bond donors (Lipinski definition) is 2. The number of amides is 1. The highest BCUT2D eigenvalue weighted by Crippen LogP contribution is 2.31. The minimum absolute atomic E-state index is 0.0761. The summed E-state index contributed by atoms with van der Waals surface area (Å²) in [6.07, 6.45) is 0.916. The summed E-state index contributed by atoms with van der Waals surface area (Å²) < 4.78 is 0. The standard InChI is InChI=1S/C13H18N4O3/c1-13(2)5-6-16(8-13)12(18)10-7-9(17(19)20)3-4-11(10)15-14/h3-4,7,15H,5-6,8,14H2,1-2H3. The molecule has 7 nitrogen and oxygen atoms in total. The maximum Gasteiger partial charge on any atom is 0.270 e. The minimum Gasteiger partial charge on any atom is -0.338 e. The Labute approximate surface area is 116 Å². The molecule has 1 heterocycles. The maximum absolute atomic E-state index is 12.5. The first-order valence-corrected chi connectivity index (χ1v) is 6.38. The lowest BCUT2D eigenvalue weighted by Gasteiger charge is -2.20. The average molecular weight is 278 g/mol. The average Bonchev–Trinajstić information content (AvgIpc) is 2.77. The molecule has 1 aromatic rings. The first-order chi connectivity index (χ1) is 9.34. The van der Waals surface area contributed by atoms with Gasteiger partial charge in [0, 0.05) is 25.2 Å². The Hall–Kier alpha value is -2.15. The number of carbonyl (C=O) groups is 1. The van der Waals surface area contributed by atoms with Gasteiger partial charge in [0.2, 0.25) is 0 Å². The van der Waals surface area contributed by atoms with E-state index in [9.17, 15) is 14.9 Å². The molecule has 1 amide bonds. The Kier molecular flexibility index (Phi) is 3.63. The third-order valence-corrected chi connectivity index (χ3v) is 3.56. The second kappa shape index (κ2) is 5.09. The molecule has 1 aliphatic rings. The van der Waals surface area contributed by atoms with Crippen LogP contribution in [0.15, 0.2) is 18.2 Å². The summed E-state index contributed by atoms with van der Waals surface area (Å²) in [5.74, 6) is 5.15. The van der Waals surface area contributed by atoms with Crippen LogP contribution in [0.1, 0.15) is 30.6 Å². The van der Waals surface area contributed by atoms with Crippen LogP contribution in [-0.4, -0.2) is 28.8 Å². The number of nitro groups is 1. The zero-order valence-electron chi connectivity index (χ0n) is 11.5. The molecule has 20 heavy (non-hydrogen) atoms. The van der Waals surface area contributed by atoms with E-state index in [1.807, 2.05) is 0 Å². The number of nitrogens with zero attached hydrogens (tertiary/aromatic N) is 2. The summed E-state index contributed by atoms with van der Waals surface area (Å²) in [6, 6.07) is 4.04. The van der Waals surface area contributed by atoms with Gasteiger partial charge in [-0.25, -0.2) is 0 Å². The Morgan fingerprint density at radius 3 is 2.70 bits per heavy atom. The van der Waals surface area contributed by atoms with Crippen molar-refractivity contribution in [1.82, 2.24) is 4.90 Å². The molecule has 0 saturated carbocycles. The van der Waals surface area contributed by atoms with E-state index in [1.54, 1.807) is 4.90 Å². The number of nitro benzene ring substituents is 1. The molecule has 0 bridgehead atoms. The number of carbonyl (C=O) groups excluding carboxylic acids is 1. The van der Waals surface area contributed by atoms with Crippen molar-refractivity contribution in [2.24, 2.45) is 11.3 Å². The summed E-state index contributed by atoms with van der Waals surface area (Å²) in [5.41, 5.74) is 3.00. The lowest BCUT2D eigenvalue weighted by Crippen LogP contribution is -2.31. The van der Waals surface area contributed by atoms with Crippen molar-refractivity contribution >= 4 is 17.3 Å². The fourth-order valence-corrected chi connectivity index (χ4v) is 2.40. The lowest BCUT2D eigenvalue weighted by molar-refractivity contribution is -0.384. The number of anilines is 1. The number of benzene rings is 1. The maximum atomic E-state index is 12.5. The molecule has 1 aliphatic heterocycles. The lowest BCUT2D eigenvalue weighted by atomic mass is 9.93. The number of nitrogens with two attached hydrogens (primary N) is 1. The van der Waals surface area contributed by atoms with E-state index in [0.717, 1.165) is 6.42 Å². The van der Waals surface area contributed by atoms with Gasteiger partial charge in [-0.15, -0.1) is 0 Å². The quantitative estimate of drug-likeness (QED) is 0.498. The second-order valence-electron chi connectivity index (χ2n) is 5.77. The molecule has 1 fully saturated rings. The summed E-state index contributed by atoms with van der Waals surface area (Å²) in [6.45, 7) is 5.47. The van der Waals surface area contributed by atoms with Crippen molar-refractivity contribution in [1.29, 1.82) is 0 Å². The van der Waals surface area contributed by atoms with E-state index < -0.39 is 4.92 Å². The largest absolute Gasteiger partial charge is 0.338 e. The number of nitrogen functional groups attached to an aromatic ring is 1. The smallest absolute Gasteiger partial charge is 0.270 e. The summed E-state index contributed by atoms with van der Waals surface area (Å²) in [5, 5.41) is 10.8. The first-order valence-electron chi connectivity index (χ1n) is 6.38. The predicted molar refractivity (Wildman–Crippen MR) is 75.2 cm³/mol. The Balaban J connectivity index is 2.33. The van der Waals surface area contributed by atoms with E-state index in [2.05, 4.69) is 19.3 Å². The van der Waals surface area contributed by atoms with Gasteiger partial charge < -0.3 is 10.3 Å². The van der Waals surface area contributed by atoms with Crippen molar-refractivity contribution in [3.05, 3.63) is 33.9 Å². The van der Waals surface area contributed by atoms with Crippen molar-refractivity contribution < 1.29 is 9.72 Å². The van der Waals surface area contributed by atoms with Gasteiger partial charge in [-0.2, -0.15) is 0 Å². The van der Waals surface area contributed by atoms with Crippen molar-refractivity contribution in [2.75, 3.05) is 18.5 Å². The molecule has 108 valence electrons. The molecular formula is C13H18N4O3. The summed E-state index contributed by atoms with van der Waals surface area (Å²) in [7, 11) is 0. The topological polar surface area (TPSA) is 102 Å². The van der Waals surface area contributed by atoms with Gasteiger partial charge in [-0.3, -0.25) is 20.8 Å². The highest BCUT2D eigenvalue weighted by atomic mass is 16.6. The molecule has 0 radical (unpaired) electrons. The molecule has 1 aromatic carbocycles. The molecule has 0 aromatic heterocycles. The normalized spacial score (nSPS) is 17.1. The predicted octanol–water partition coefficient (Wildman–Crippen LogP) is 1.75. The van der Waals surface area contributed by atoms with Crippen LogP contribution in [0.2, 0.25) is 0 Å². The van der Waals surface area contributed by atoms with Crippen LogP contribution in [0.4, 0.5) is 11.4 Å². The van der Waals surface area contributed by atoms with Gasteiger partial charge in [0.05, 0.1) is 16.2 Å². The molecule has 1 saturated heterocycles. The number of nitrogens with one attached hydrogen (secondary N) is 1. The highest BCUT2D eigenvalue weighted by Gasteiger charge is 2.33. The summed E-state index contributed by atoms with van der Waals surface area (Å²) >= 11 is 0. The van der Waals surface area contributed by atoms with Gasteiger partial charge in [-0.1, -0.05) is 13.8 Å². The fourth-order valence-electron chi connectivity index (χ4n) is 2.40. The van der Waals surface area contributed by atoms with Crippen LogP contribution in [0, 0.1) is 15.5 Å². The minimum atomic E-state index is -0.523. The van der Waals surface area contributed by atoms with E-state index in [-0.39, 0.29) is 22.6 Å². The van der Waals surface area contributed by atoms with Gasteiger partial charge in [-0.05, 0) is 17.9 Å². The van der Waals surface area contributed by atoms with Crippen LogP contribution in [-0.2, 0) is 0 Å². The Morgan fingerprint density at radius 2 is 2.20 bits per heavy atom. The van der Waals surface area contributed by atoms with Crippen LogP contribution in [0.3, 0.4) is 0 Å².